The van der Waals surface area contributed by atoms with Crippen LogP contribution in [0.1, 0.15) is 37.5 Å². The third-order valence-corrected chi connectivity index (χ3v) is 3.40. The summed E-state index contributed by atoms with van der Waals surface area (Å²) in [4.78, 5) is 1.35. The second kappa shape index (κ2) is 5.60. The average molecular weight is 203 g/mol. The van der Waals surface area contributed by atoms with Gasteiger partial charge in [-0.05, 0) is 24.3 Å². The number of thiophene rings is 1. The van der Waals surface area contributed by atoms with Crippen LogP contribution in [0.25, 0.3) is 0 Å². The summed E-state index contributed by atoms with van der Waals surface area (Å²) in [6, 6.07) is 1.99. The Morgan fingerprint density at radius 1 is 1.33 bits per heavy atom. The summed E-state index contributed by atoms with van der Waals surface area (Å²) in [7, 11) is 0. The van der Waals surface area contributed by atoms with E-state index in [2.05, 4.69) is 12.3 Å². The maximum absolute atomic E-state index is 5.96. The molecule has 0 unspecified atom stereocenters. The molecule has 68 valence electrons. The van der Waals surface area contributed by atoms with Crippen LogP contribution in [0.2, 0.25) is 5.02 Å². The summed E-state index contributed by atoms with van der Waals surface area (Å²) >= 11 is 7.74. The number of halogens is 1. The Hall–Kier alpha value is -0.0100. The highest BCUT2D eigenvalue weighted by Gasteiger charge is 2.00. The van der Waals surface area contributed by atoms with Crippen LogP contribution < -0.4 is 0 Å². The highest BCUT2D eigenvalue weighted by molar-refractivity contribution is 7.10. The van der Waals surface area contributed by atoms with Crippen molar-refractivity contribution in [3.8, 4) is 0 Å². The molecule has 0 N–H and O–H groups in total. The molecule has 0 aliphatic heterocycles. The van der Waals surface area contributed by atoms with E-state index >= 15 is 0 Å². The SMILES string of the molecule is CCCCCCc1sccc1Cl. The van der Waals surface area contributed by atoms with Gasteiger partial charge in [0.25, 0.3) is 0 Å². The second-order valence-electron chi connectivity index (χ2n) is 3.00. The van der Waals surface area contributed by atoms with Crippen LogP contribution in [0.5, 0.6) is 0 Å². The van der Waals surface area contributed by atoms with Gasteiger partial charge in [-0.15, -0.1) is 11.3 Å². The predicted molar refractivity (Wildman–Crippen MR) is 57.2 cm³/mol. The standard InChI is InChI=1S/C10H15ClS/c1-2-3-4-5-6-10-9(11)7-8-12-10/h7-8H,2-6H2,1H3. The highest BCUT2D eigenvalue weighted by atomic mass is 35.5. The van der Waals surface area contributed by atoms with Gasteiger partial charge in [0.05, 0.1) is 5.02 Å². The molecule has 12 heavy (non-hydrogen) atoms. The minimum Gasteiger partial charge on any atom is -0.147 e. The Labute approximate surface area is 83.6 Å². The number of aryl methyl sites for hydroxylation is 1. The first kappa shape index (κ1) is 10.1. The summed E-state index contributed by atoms with van der Waals surface area (Å²) in [5.74, 6) is 0. The molecule has 1 aromatic rings. The van der Waals surface area contributed by atoms with Crippen molar-refractivity contribution in [2.75, 3.05) is 0 Å². The Morgan fingerprint density at radius 3 is 2.75 bits per heavy atom. The molecule has 1 aromatic heterocycles. The second-order valence-corrected chi connectivity index (χ2v) is 4.41. The molecule has 0 aromatic carbocycles. The van der Waals surface area contributed by atoms with Crippen molar-refractivity contribution in [2.45, 2.75) is 39.0 Å². The van der Waals surface area contributed by atoms with Crippen molar-refractivity contribution in [1.82, 2.24) is 0 Å². The van der Waals surface area contributed by atoms with Gasteiger partial charge in [-0.25, -0.2) is 0 Å². The zero-order valence-corrected chi connectivity index (χ0v) is 9.05. The van der Waals surface area contributed by atoms with Crippen LogP contribution in [0.15, 0.2) is 11.4 Å². The van der Waals surface area contributed by atoms with Crippen LogP contribution in [-0.4, -0.2) is 0 Å². The Balaban J connectivity index is 2.20. The van der Waals surface area contributed by atoms with E-state index in [1.165, 1.54) is 30.6 Å². The van der Waals surface area contributed by atoms with E-state index in [0.29, 0.717) is 0 Å². The molecule has 0 saturated heterocycles. The Kier molecular flexibility index (Phi) is 4.70. The van der Waals surface area contributed by atoms with Gasteiger partial charge in [-0.2, -0.15) is 0 Å². The van der Waals surface area contributed by atoms with Crippen molar-refractivity contribution in [3.05, 3.63) is 21.3 Å². The lowest BCUT2D eigenvalue weighted by molar-refractivity contribution is 0.670. The van der Waals surface area contributed by atoms with E-state index in [9.17, 15) is 0 Å². The van der Waals surface area contributed by atoms with Crippen LogP contribution in [-0.2, 0) is 6.42 Å². The van der Waals surface area contributed by atoms with Gasteiger partial charge in [0.1, 0.15) is 0 Å². The van der Waals surface area contributed by atoms with Gasteiger partial charge in [-0.3, -0.25) is 0 Å². The summed E-state index contributed by atoms with van der Waals surface area (Å²) in [5.41, 5.74) is 0. The maximum Gasteiger partial charge on any atom is 0.0544 e. The van der Waals surface area contributed by atoms with E-state index in [1.54, 1.807) is 11.3 Å². The molecule has 0 radical (unpaired) electrons. The van der Waals surface area contributed by atoms with Crippen LogP contribution in [0.4, 0.5) is 0 Å². The summed E-state index contributed by atoms with van der Waals surface area (Å²) in [6.45, 7) is 2.23. The fourth-order valence-corrected chi connectivity index (χ4v) is 2.39. The molecular weight excluding hydrogens is 188 g/mol. The van der Waals surface area contributed by atoms with Crippen LogP contribution in [0, 0.1) is 0 Å². The normalized spacial score (nSPS) is 10.5. The molecule has 2 heteroatoms. The minimum atomic E-state index is 0.955. The molecule has 1 rings (SSSR count). The fourth-order valence-electron chi connectivity index (χ4n) is 1.22. The first-order valence-corrected chi connectivity index (χ1v) is 5.82. The monoisotopic (exact) mass is 202 g/mol. The molecule has 0 bridgehead atoms. The number of rotatable bonds is 5. The van der Waals surface area contributed by atoms with E-state index < -0.39 is 0 Å². The smallest absolute Gasteiger partial charge is 0.0544 e. The number of hydrogen-bond donors (Lipinski definition) is 0. The molecule has 0 fully saturated rings. The van der Waals surface area contributed by atoms with Gasteiger partial charge in [0, 0.05) is 4.88 Å². The van der Waals surface area contributed by atoms with Gasteiger partial charge in [-0.1, -0.05) is 37.8 Å². The Bertz CT molecular complexity index is 217. The maximum atomic E-state index is 5.96. The quantitative estimate of drug-likeness (QED) is 0.616. The lowest BCUT2D eigenvalue weighted by atomic mass is 10.1. The number of hydrogen-bond acceptors (Lipinski definition) is 1. The van der Waals surface area contributed by atoms with E-state index in [-0.39, 0.29) is 0 Å². The lowest BCUT2D eigenvalue weighted by Gasteiger charge is -1.97. The lowest BCUT2D eigenvalue weighted by Crippen LogP contribution is -1.81. The van der Waals surface area contributed by atoms with E-state index in [0.717, 1.165) is 11.4 Å². The summed E-state index contributed by atoms with van der Waals surface area (Å²) < 4.78 is 0. The molecule has 0 aliphatic rings. The molecule has 0 saturated carbocycles. The molecule has 0 nitrogen and oxygen atoms in total. The molecule has 0 amide bonds. The van der Waals surface area contributed by atoms with Crippen molar-refractivity contribution in [2.24, 2.45) is 0 Å². The van der Waals surface area contributed by atoms with Gasteiger partial charge >= 0.3 is 0 Å². The largest absolute Gasteiger partial charge is 0.147 e. The van der Waals surface area contributed by atoms with Crippen molar-refractivity contribution in [1.29, 1.82) is 0 Å². The topological polar surface area (TPSA) is 0 Å². The zero-order chi connectivity index (χ0) is 8.81. The van der Waals surface area contributed by atoms with Crippen molar-refractivity contribution in [3.63, 3.8) is 0 Å². The first-order valence-electron chi connectivity index (χ1n) is 4.56. The van der Waals surface area contributed by atoms with Gasteiger partial charge in [0.2, 0.25) is 0 Å². The molecular formula is C10H15ClS. The van der Waals surface area contributed by atoms with Crippen molar-refractivity contribution < 1.29 is 0 Å². The molecule has 1 heterocycles. The minimum absolute atomic E-state index is 0.955. The van der Waals surface area contributed by atoms with E-state index in [1.807, 2.05) is 6.07 Å². The van der Waals surface area contributed by atoms with Gasteiger partial charge in [0.15, 0.2) is 0 Å². The highest BCUT2D eigenvalue weighted by Crippen LogP contribution is 2.23. The van der Waals surface area contributed by atoms with Crippen molar-refractivity contribution >= 4 is 22.9 Å². The fraction of sp³-hybridized carbons (Fsp3) is 0.600. The number of unbranched alkanes of at least 4 members (excludes halogenated alkanes) is 3. The Morgan fingerprint density at radius 2 is 2.17 bits per heavy atom. The van der Waals surface area contributed by atoms with Crippen LogP contribution in [0.3, 0.4) is 0 Å². The molecule has 0 aliphatic carbocycles. The predicted octanol–water partition coefficient (Wildman–Crippen LogP) is 4.52. The zero-order valence-electron chi connectivity index (χ0n) is 7.48. The third-order valence-electron chi connectivity index (χ3n) is 1.95. The van der Waals surface area contributed by atoms with Crippen LogP contribution >= 0.6 is 22.9 Å². The third kappa shape index (κ3) is 3.16. The molecule has 0 spiro atoms. The van der Waals surface area contributed by atoms with Gasteiger partial charge < -0.3 is 0 Å². The molecule has 0 atom stereocenters. The summed E-state index contributed by atoms with van der Waals surface area (Å²) in [6.07, 6.45) is 6.44. The average Bonchev–Trinajstić information content (AvgIpc) is 2.46. The van der Waals surface area contributed by atoms with E-state index in [4.69, 9.17) is 11.6 Å². The first-order chi connectivity index (χ1) is 5.84. The summed E-state index contributed by atoms with van der Waals surface area (Å²) in [5, 5.41) is 3.02.